The fraction of sp³-hybridized carbons (Fsp3) is 0.429. The van der Waals surface area contributed by atoms with Crippen molar-refractivity contribution in [3.05, 3.63) is 29.6 Å². The molecule has 0 radical (unpaired) electrons. The summed E-state index contributed by atoms with van der Waals surface area (Å²) in [6.07, 6.45) is 2.51. The predicted molar refractivity (Wildman–Crippen MR) is 71.7 cm³/mol. The molecule has 1 aliphatic carbocycles. The Balaban J connectivity index is 2.04. The summed E-state index contributed by atoms with van der Waals surface area (Å²) >= 11 is 0. The van der Waals surface area contributed by atoms with E-state index in [0.717, 1.165) is 18.9 Å². The normalized spacial score (nSPS) is 22.2. The van der Waals surface area contributed by atoms with Crippen LogP contribution < -0.4 is 11.1 Å². The number of rotatable bonds is 3. The average molecular weight is 280 g/mol. The van der Waals surface area contributed by atoms with Gasteiger partial charge in [0.1, 0.15) is 5.82 Å². The number of anilines is 1. The van der Waals surface area contributed by atoms with Crippen LogP contribution in [0.4, 0.5) is 10.1 Å². The Morgan fingerprint density at radius 1 is 1.35 bits per heavy atom. The minimum Gasteiger partial charge on any atom is -0.481 e. The number of hydrogen-bond acceptors (Lipinski definition) is 3. The molecule has 5 nitrogen and oxygen atoms in total. The third kappa shape index (κ3) is 3.26. The van der Waals surface area contributed by atoms with Gasteiger partial charge in [-0.2, -0.15) is 0 Å². The number of amides is 1. The Bertz CT molecular complexity index is 533. The molecule has 0 saturated heterocycles. The topological polar surface area (TPSA) is 92.4 Å². The van der Waals surface area contributed by atoms with Crippen molar-refractivity contribution in [1.29, 1.82) is 0 Å². The summed E-state index contributed by atoms with van der Waals surface area (Å²) in [7, 11) is 0. The number of carbonyl (C=O) groups excluding carboxylic acids is 1. The fourth-order valence-corrected chi connectivity index (χ4v) is 2.53. The Labute approximate surface area is 116 Å². The molecule has 0 heterocycles. The van der Waals surface area contributed by atoms with E-state index in [1.54, 1.807) is 0 Å². The minimum atomic E-state index is -0.839. The van der Waals surface area contributed by atoms with E-state index in [1.807, 2.05) is 0 Å². The first kappa shape index (κ1) is 14.3. The van der Waals surface area contributed by atoms with Crippen LogP contribution in [0.25, 0.3) is 0 Å². The molecule has 0 bridgehead atoms. The number of nitrogen functional groups attached to an aromatic ring is 1. The van der Waals surface area contributed by atoms with Gasteiger partial charge in [-0.15, -0.1) is 0 Å². The zero-order chi connectivity index (χ0) is 14.7. The van der Waals surface area contributed by atoms with Crippen molar-refractivity contribution in [2.75, 3.05) is 5.73 Å². The minimum absolute atomic E-state index is 0.0856. The molecule has 1 aromatic carbocycles. The number of carboxylic acids is 1. The van der Waals surface area contributed by atoms with Gasteiger partial charge in [0.2, 0.25) is 0 Å². The Morgan fingerprint density at radius 3 is 2.80 bits per heavy atom. The lowest BCUT2D eigenvalue weighted by atomic mass is 9.85. The van der Waals surface area contributed by atoms with E-state index in [-0.39, 0.29) is 17.3 Å². The van der Waals surface area contributed by atoms with Gasteiger partial charge in [-0.05, 0) is 37.5 Å². The Kier molecular flexibility index (Phi) is 4.22. The largest absolute Gasteiger partial charge is 0.481 e. The molecule has 2 rings (SSSR count). The van der Waals surface area contributed by atoms with Crippen LogP contribution in [0.3, 0.4) is 0 Å². The second kappa shape index (κ2) is 5.90. The van der Waals surface area contributed by atoms with Gasteiger partial charge in [0.25, 0.3) is 5.91 Å². The molecule has 0 aromatic heterocycles. The Morgan fingerprint density at radius 2 is 2.10 bits per heavy atom. The molecule has 1 fully saturated rings. The highest BCUT2D eigenvalue weighted by Crippen LogP contribution is 2.25. The molecule has 1 aliphatic rings. The molecular weight excluding hydrogens is 263 g/mol. The third-order valence-electron chi connectivity index (χ3n) is 3.62. The van der Waals surface area contributed by atoms with Crippen LogP contribution in [0.15, 0.2) is 18.2 Å². The number of nitrogens with two attached hydrogens (primary N) is 1. The van der Waals surface area contributed by atoms with Gasteiger partial charge in [-0.1, -0.05) is 6.42 Å². The highest BCUT2D eigenvalue weighted by Gasteiger charge is 2.28. The van der Waals surface area contributed by atoms with Crippen molar-refractivity contribution in [3.63, 3.8) is 0 Å². The van der Waals surface area contributed by atoms with Crippen molar-refractivity contribution >= 4 is 17.6 Å². The van der Waals surface area contributed by atoms with Gasteiger partial charge in [-0.25, -0.2) is 4.39 Å². The number of carboxylic acid groups (broad SMARTS) is 1. The SMILES string of the molecule is Nc1ccc(F)cc1C(=O)NC1CCCC(C(=O)O)C1. The van der Waals surface area contributed by atoms with Crippen molar-refractivity contribution in [1.82, 2.24) is 5.32 Å². The van der Waals surface area contributed by atoms with Crippen LogP contribution in [0.1, 0.15) is 36.0 Å². The third-order valence-corrected chi connectivity index (χ3v) is 3.62. The van der Waals surface area contributed by atoms with E-state index in [1.165, 1.54) is 12.1 Å². The number of benzene rings is 1. The summed E-state index contributed by atoms with van der Waals surface area (Å²) in [4.78, 5) is 23.0. The highest BCUT2D eigenvalue weighted by atomic mass is 19.1. The van der Waals surface area contributed by atoms with E-state index in [9.17, 15) is 14.0 Å². The number of carbonyl (C=O) groups is 2. The molecule has 4 N–H and O–H groups in total. The molecule has 2 atom stereocenters. The molecule has 1 amide bonds. The van der Waals surface area contributed by atoms with Gasteiger partial charge in [-0.3, -0.25) is 9.59 Å². The van der Waals surface area contributed by atoms with Crippen LogP contribution in [0.2, 0.25) is 0 Å². The van der Waals surface area contributed by atoms with E-state index < -0.39 is 23.6 Å². The van der Waals surface area contributed by atoms with E-state index in [4.69, 9.17) is 10.8 Å². The van der Waals surface area contributed by atoms with Crippen LogP contribution in [-0.4, -0.2) is 23.0 Å². The summed E-state index contributed by atoms with van der Waals surface area (Å²) in [5, 5.41) is 11.7. The quantitative estimate of drug-likeness (QED) is 0.736. The van der Waals surface area contributed by atoms with E-state index >= 15 is 0 Å². The second-order valence-electron chi connectivity index (χ2n) is 5.10. The second-order valence-corrected chi connectivity index (χ2v) is 5.10. The number of nitrogens with one attached hydrogen (secondary N) is 1. The molecule has 1 aromatic rings. The lowest BCUT2D eigenvalue weighted by molar-refractivity contribution is -0.143. The van der Waals surface area contributed by atoms with Gasteiger partial charge >= 0.3 is 5.97 Å². The van der Waals surface area contributed by atoms with E-state index in [2.05, 4.69) is 5.32 Å². The fourth-order valence-electron chi connectivity index (χ4n) is 2.53. The number of aliphatic carboxylic acids is 1. The predicted octanol–water partition coefficient (Wildman–Crippen LogP) is 1.78. The lowest BCUT2D eigenvalue weighted by Crippen LogP contribution is -2.40. The maximum absolute atomic E-state index is 13.1. The highest BCUT2D eigenvalue weighted by molar-refractivity contribution is 5.99. The monoisotopic (exact) mass is 280 g/mol. The maximum Gasteiger partial charge on any atom is 0.306 e. The van der Waals surface area contributed by atoms with Crippen LogP contribution >= 0.6 is 0 Å². The number of halogens is 1. The van der Waals surface area contributed by atoms with Crippen LogP contribution in [0, 0.1) is 11.7 Å². The van der Waals surface area contributed by atoms with Crippen molar-refractivity contribution < 1.29 is 19.1 Å². The first-order chi connectivity index (χ1) is 9.47. The van der Waals surface area contributed by atoms with Gasteiger partial charge < -0.3 is 16.2 Å². The number of hydrogen-bond donors (Lipinski definition) is 3. The van der Waals surface area contributed by atoms with Gasteiger partial charge in [0.05, 0.1) is 11.5 Å². The van der Waals surface area contributed by atoms with Crippen LogP contribution in [-0.2, 0) is 4.79 Å². The first-order valence-corrected chi connectivity index (χ1v) is 6.56. The zero-order valence-corrected chi connectivity index (χ0v) is 10.9. The summed E-state index contributed by atoms with van der Waals surface area (Å²) in [5.74, 6) is -2.26. The average Bonchev–Trinajstić information content (AvgIpc) is 2.41. The first-order valence-electron chi connectivity index (χ1n) is 6.56. The summed E-state index contributed by atoms with van der Waals surface area (Å²) in [5.41, 5.74) is 5.94. The molecule has 0 spiro atoms. The molecule has 6 heteroatoms. The molecular formula is C14H17FN2O3. The summed E-state index contributed by atoms with van der Waals surface area (Å²) < 4.78 is 13.1. The maximum atomic E-state index is 13.1. The standard InChI is InChI=1S/C14H17FN2O3/c15-9-4-5-12(16)11(7-9)13(18)17-10-3-1-2-8(6-10)14(19)20/h4-5,7-8,10H,1-3,6,16H2,(H,17,18)(H,19,20). The lowest BCUT2D eigenvalue weighted by Gasteiger charge is -2.27. The van der Waals surface area contributed by atoms with Crippen molar-refractivity contribution in [2.45, 2.75) is 31.7 Å². The summed E-state index contributed by atoms with van der Waals surface area (Å²) in [6, 6.07) is 3.40. The van der Waals surface area contributed by atoms with E-state index in [0.29, 0.717) is 12.8 Å². The van der Waals surface area contributed by atoms with Crippen molar-refractivity contribution in [2.24, 2.45) is 5.92 Å². The molecule has 20 heavy (non-hydrogen) atoms. The zero-order valence-electron chi connectivity index (χ0n) is 10.9. The molecule has 2 unspecified atom stereocenters. The molecule has 1 saturated carbocycles. The molecule has 0 aliphatic heterocycles. The van der Waals surface area contributed by atoms with Gasteiger partial charge in [0.15, 0.2) is 0 Å². The summed E-state index contributed by atoms with van der Waals surface area (Å²) in [6.45, 7) is 0. The smallest absolute Gasteiger partial charge is 0.306 e. The van der Waals surface area contributed by atoms with Gasteiger partial charge in [0, 0.05) is 11.7 Å². The van der Waals surface area contributed by atoms with Crippen molar-refractivity contribution in [3.8, 4) is 0 Å². The van der Waals surface area contributed by atoms with Crippen LogP contribution in [0.5, 0.6) is 0 Å². The Hall–Kier alpha value is -2.11. The molecule has 108 valence electrons.